The minimum Gasteiger partial charge on any atom is -0.469 e. The van der Waals surface area contributed by atoms with Gasteiger partial charge in [0.2, 0.25) is 0 Å². The monoisotopic (exact) mass is 350 g/mol. The van der Waals surface area contributed by atoms with Gasteiger partial charge in [-0.15, -0.1) is 0 Å². The van der Waals surface area contributed by atoms with Crippen LogP contribution in [0.5, 0.6) is 0 Å². The summed E-state index contributed by atoms with van der Waals surface area (Å²) in [6.07, 6.45) is 1.75. The van der Waals surface area contributed by atoms with Gasteiger partial charge in [-0.25, -0.2) is 0 Å². The van der Waals surface area contributed by atoms with Crippen molar-refractivity contribution in [1.82, 2.24) is 5.32 Å². The number of hydrogen-bond donors (Lipinski definition) is 1. The van der Waals surface area contributed by atoms with E-state index in [-0.39, 0.29) is 0 Å². The van der Waals surface area contributed by atoms with Crippen LogP contribution in [0.1, 0.15) is 36.8 Å². The minimum absolute atomic E-state index is 0.347. The third-order valence-corrected chi connectivity index (χ3v) is 4.46. The average Bonchev–Trinajstić information content (AvgIpc) is 2.84. The quantitative estimate of drug-likeness (QED) is 0.821. The molecule has 114 valence electrons. The number of aryl methyl sites for hydroxylation is 1. The Morgan fingerprint density at radius 1 is 1.33 bits per heavy atom. The van der Waals surface area contributed by atoms with Crippen molar-refractivity contribution >= 4 is 21.6 Å². The Hall–Kier alpha value is -1.26. The summed E-state index contributed by atoms with van der Waals surface area (Å²) in [6.45, 7) is 8.12. The van der Waals surface area contributed by atoms with Crippen molar-refractivity contribution in [3.05, 3.63) is 51.9 Å². The molecule has 0 spiro atoms. The molecule has 2 rings (SSSR count). The molecular formula is C17H23BrN2O. The first-order chi connectivity index (χ1) is 10.0. The predicted molar refractivity (Wildman–Crippen MR) is 91.8 cm³/mol. The molecule has 21 heavy (non-hydrogen) atoms. The summed E-state index contributed by atoms with van der Waals surface area (Å²) in [6, 6.07) is 8.91. The van der Waals surface area contributed by atoms with Crippen molar-refractivity contribution in [3.8, 4) is 0 Å². The van der Waals surface area contributed by atoms with E-state index in [1.54, 1.807) is 6.26 Å². The maximum absolute atomic E-state index is 5.36. The van der Waals surface area contributed by atoms with Crippen molar-refractivity contribution in [2.24, 2.45) is 0 Å². The fraction of sp³-hybridized carbons (Fsp3) is 0.412. The second-order valence-electron chi connectivity index (χ2n) is 5.34. The number of halogens is 1. The maximum atomic E-state index is 5.36. The van der Waals surface area contributed by atoms with E-state index in [9.17, 15) is 0 Å². The van der Waals surface area contributed by atoms with Gasteiger partial charge in [-0.1, -0.05) is 28.9 Å². The predicted octanol–water partition coefficient (Wildman–Crippen LogP) is 4.66. The van der Waals surface area contributed by atoms with Gasteiger partial charge in [0.05, 0.1) is 6.26 Å². The maximum Gasteiger partial charge on any atom is 0.105 e. The van der Waals surface area contributed by atoms with E-state index < -0.39 is 0 Å². The summed E-state index contributed by atoms with van der Waals surface area (Å²) in [5, 5.41) is 3.44. The molecule has 1 aromatic heterocycles. The SMILES string of the molecule is CCNC(C)c1ccc(N(C)Cc2ccoc2C)cc1Br. The van der Waals surface area contributed by atoms with E-state index in [1.807, 2.05) is 13.0 Å². The van der Waals surface area contributed by atoms with Gasteiger partial charge in [0.15, 0.2) is 0 Å². The van der Waals surface area contributed by atoms with Crippen molar-refractivity contribution in [3.63, 3.8) is 0 Å². The fourth-order valence-corrected chi connectivity index (χ4v) is 3.15. The molecule has 0 aliphatic carbocycles. The van der Waals surface area contributed by atoms with Crippen molar-refractivity contribution < 1.29 is 4.42 Å². The number of hydrogen-bond acceptors (Lipinski definition) is 3. The Balaban J connectivity index is 2.14. The van der Waals surface area contributed by atoms with Gasteiger partial charge < -0.3 is 14.6 Å². The Morgan fingerprint density at radius 3 is 2.67 bits per heavy atom. The van der Waals surface area contributed by atoms with Gasteiger partial charge in [0.1, 0.15) is 5.76 Å². The molecule has 1 N–H and O–H groups in total. The lowest BCUT2D eigenvalue weighted by Crippen LogP contribution is -2.19. The molecular weight excluding hydrogens is 328 g/mol. The van der Waals surface area contributed by atoms with E-state index in [0.717, 1.165) is 23.3 Å². The van der Waals surface area contributed by atoms with E-state index in [1.165, 1.54) is 16.8 Å². The van der Waals surface area contributed by atoms with Gasteiger partial charge in [-0.3, -0.25) is 0 Å². The molecule has 3 nitrogen and oxygen atoms in total. The van der Waals surface area contributed by atoms with Crippen molar-refractivity contribution in [1.29, 1.82) is 0 Å². The number of nitrogens with one attached hydrogen (secondary N) is 1. The first-order valence-corrected chi connectivity index (χ1v) is 8.09. The van der Waals surface area contributed by atoms with Crippen LogP contribution in [-0.2, 0) is 6.54 Å². The van der Waals surface area contributed by atoms with Gasteiger partial charge in [0, 0.05) is 35.4 Å². The number of anilines is 1. The Labute approximate surface area is 135 Å². The summed E-state index contributed by atoms with van der Waals surface area (Å²) in [4.78, 5) is 2.23. The van der Waals surface area contributed by atoms with Gasteiger partial charge in [-0.05, 0) is 44.2 Å². The molecule has 0 amide bonds. The summed E-state index contributed by atoms with van der Waals surface area (Å²) in [5.74, 6) is 0.985. The molecule has 4 heteroatoms. The Kier molecular flexibility index (Phi) is 5.48. The normalized spacial score (nSPS) is 12.4. The third-order valence-electron chi connectivity index (χ3n) is 3.78. The summed E-state index contributed by atoms with van der Waals surface area (Å²) in [5.41, 5.74) is 3.70. The highest BCUT2D eigenvalue weighted by Gasteiger charge is 2.11. The van der Waals surface area contributed by atoms with E-state index in [0.29, 0.717) is 6.04 Å². The van der Waals surface area contributed by atoms with Crippen LogP contribution in [0.2, 0.25) is 0 Å². The van der Waals surface area contributed by atoms with Crippen molar-refractivity contribution in [2.75, 3.05) is 18.5 Å². The minimum atomic E-state index is 0.347. The number of benzene rings is 1. The summed E-state index contributed by atoms with van der Waals surface area (Å²) < 4.78 is 6.50. The van der Waals surface area contributed by atoms with E-state index in [4.69, 9.17) is 4.42 Å². The van der Waals surface area contributed by atoms with Gasteiger partial charge >= 0.3 is 0 Å². The zero-order valence-corrected chi connectivity index (χ0v) is 14.7. The molecule has 0 aliphatic rings. The third kappa shape index (κ3) is 3.89. The largest absolute Gasteiger partial charge is 0.469 e. The molecule has 0 saturated heterocycles. The van der Waals surface area contributed by atoms with Crippen LogP contribution >= 0.6 is 15.9 Å². The zero-order valence-electron chi connectivity index (χ0n) is 13.1. The summed E-state index contributed by atoms with van der Waals surface area (Å²) in [7, 11) is 2.10. The number of rotatable bonds is 6. The molecule has 1 unspecified atom stereocenters. The average molecular weight is 351 g/mol. The molecule has 0 radical (unpaired) electrons. The molecule has 0 saturated carbocycles. The second-order valence-corrected chi connectivity index (χ2v) is 6.20. The van der Waals surface area contributed by atoms with Crippen molar-refractivity contribution in [2.45, 2.75) is 33.4 Å². The van der Waals surface area contributed by atoms with Crippen LogP contribution in [0.3, 0.4) is 0 Å². The molecule has 1 aromatic carbocycles. The van der Waals surface area contributed by atoms with Crippen LogP contribution in [0, 0.1) is 6.92 Å². The molecule has 2 aromatic rings. The lowest BCUT2D eigenvalue weighted by Gasteiger charge is -2.21. The highest BCUT2D eigenvalue weighted by Crippen LogP contribution is 2.28. The molecule has 0 fully saturated rings. The molecule has 1 heterocycles. The second kappa shape index (κ2) is 7.14. The lowest BCUT2D eigenvalue weighted by molar-refractivity contribution is 0.529. The first kappa shape index (κ1) is 16.1. The zero-order chi connectivity index (χ0) is 15.4. The topological polar surface area (TPSA) is 28.4 Å². The first-order valence-electron chi connectivity index (χ1n) is 7.29. The number of nitrogens with zero attached hydrogens (tertiary/aromatic N) is 1. The van der Waals surface area contributed by atoms with Crippen LogP contribution in [-0.4, -0.2) is 13.6 Å². The van der Waals surface area contributed by atoms with Gasteiger partial charge in [0.25, 0.3) is 0 Å². The van der Waals surface area contributed by atoms with Crippen LogP contribution in [0.15, 0.2) is 39.4 Å². The Morgan fingerprint density at radius 2 is 2.10 bits per heavy atom. The molecule has 0 aliphatic heterocycles. The molecule has 1 atom stereocenters. The molecule has 0 bridgehead atoms. The Bertz CT molecular complexity index is 594. The standard InChI is InChI=1S/C17H23BrN2O/c1-5-19-12(2)16-7-6-15(10-17(16)18)20(4)11-14-8-9-21-13(14)3/h6-10,12,19H,5,11H2,1-4H3. The summed E-state index contributed by atoms with van der Waals surface area (Å²) >= 11 is 3.69. The smallest absolute Gasteiger partial charge is 0.105 e. The van der Waals surface area contributed by atoms with Crippen LogP contribution < -0.4 is 10.2 Å². The highest BCUT2D eigenvalue weighted by molar-refractivity contribution is 9.10. The van der Waals surface area contributed by atoms with E-state index in [2.05, 4.69) is 65.2 Å². The van der Waals surface area contributed by atoms with Crippen LogP contribution in [0.25, 0.3) is 0 Å². The number of furan rings is 1. The fourth-order valence-electron chi connectivity index (χ4n) is 2.44. The lowest BCUT2D eigenvalue weighted by atomic mass is 10.1. The van der Waals surface area contributed by atoms with Gasteiger partial charge in [-0.2, -0.15) is 0 Å². The van der Waals surface area contributed by atoms with E-state index >= 15 is 0 Å². The highest BCUT2D eigenvalue weighted by atomic mass is 79.9. The van der Waals surface area contributed by atoms with Crippen LogP contribution in [0.4, 0.5) is 5.69 Å².